The van der Waals surface area contributed by atoms with E-state index in [1.807, 2.05) is 54.7 Å². The van der Waals surface area contributed by atoms with Crippen LogP contribution in [0.1, 0.15) is 30.3 Å². The lowest BCUT2D eigenvalue weighted by Crippen LogP contribution is -2.29. The van der Waals surface area contributed by atoms with Crippen molar-refractivity contribution in [2.75, 3.05) is 6.54 Å². The van der Waals surface area contributed by atoms with Gasteiger partial charge in [-0.3, -0.25) is 0 Å². The predicted octanol–water partition coefficient (Wildman–Crippen LogP) is 5.55. The van der Waals surface area contributed by atoms with Crippen LogP contribution in [0.2, 0.25) is 10.0 Å². The molecule has 0 saturated carbocycles. The third kappa shape index (κ3) is 3.77. The third-order valence-electron chi connectivity index (χ3n) is 4.62. The summed E-state index contributed by atoms with van der Waals surface area (Å²) in [4.78, 5) is 0. The number of halogens is 2. The van der Waals surface area contributed by atoms with Crippen LogP contribution in [-0.4, -0.2) is 11.1 Å². The highest BCUT2D eigenvalue weighted by atomic mass is 35.5. The molecule has 0 aliphatic carbocycles. The summed E-state index contributed by atoms with van der Waals surface area (Å²) in [6.07, 6.45) is 2.07. The third-order valence-corrected chi connectivity index (χ3v) is 5.17. The Morgan fingerprint density at radius 1 is 0.926 bits per heavy atom. The minimum atomic E-state index is -0.454. The molecule has 0 atom stereocenters. The second-order valence-corrected chi connectivity index (χ2v) is 7.26. The lowest BCUT2D eigenvalue weighted by atomic mass is 10.0. The van der Waals surface area contributed by atoms with Crippen molar-refractivity contribution in [2.45, 2.75) is 25.5 Å². The molecular weight excluding hydrogens is 383 g/mol. The minimum Gasteiger partial charge on any atom is -0.347 e. The number of rotatable bonds is 6. The first-order chi connectivity index (χ1) is 13.2. The number of aryl methyl sites for hydroxylation is 1. The van der Waals surface area contributed by atoms with Crippen molar-refractivity contribution < 1.29 is 9.47 Å². The summed E-state index contributed by atoms with van der Waals surface area (Å²) in [7, 11) is 0. The lowest BCUT2D eigenvalue weighted by Gasteiger charge is -2.37. The molecule has 0 radical (unpaired) electrons. The highest BCUT2D eigenvalue weighted by Crippen LogP contribution is 2.45. The summed E-state index contributed by atoms with van der Waals surface area (Å²) < 4.78 is 14.3. The van der Waals surface area contributed by atoms with Gasteiger partial charge >= 0.3 is 0 Å². The Balaban J connectivity index is 1.65. The number of benzene rings is 2. The van der Waals surface area contributed by atoms with E-state index in [1.165, 1.54) is 0 Å². The van der Waals surface area contributed by atoms with Gasteiger partial charge in [-0.05, 0) is 31.2 Å². The first kappa shape index (κ1) is 18.5. The maximum atomic E-state index is 6.44. The fourth-order valence-corrected chi connectivity index (χ4v) is 3.78. The molecule has 2 aromatic carbocycles. The molecule has 6 heteroatoms. The number of aromatic nitrogens is 1. The average Bonchev–Trinajstić information content (AvgIpc) is 3.03. The molecule has 0 bridgehead atoms. The maximum absolute atomic E-state index is 6.44. The van der Waals surface area contributed by atoms with E-state index in [1.54, 1.807) is 6.07 Å². The zero-order valence-corrected chi connectivity index (χ0v) is 16.2. The first-order valence-electron chi connectivity index (χ1n) is 8.88. The Kier molecular flexibility index (Phi) is 5.53. The second-order valence-electron chi connectivity index (χ2n) is 6.42. The molecule has 1 aromatic heterocycles. The molecule has 0 spiro atoms. The Labute approximate surface area is 168 Å². The van der Waals surface area contributed by atoms with Gasteiger partial charge in [-0.2, -0.15) is 0 Å². The van der Waals surface area contributed by atoms with Gasteiger partial charge in [0.25, 0.3) is 0 Å². The van der Waals surface area contributed by atoms with Crippen LogP contribution < -0.4 is 5.73 Å². The van der Waals surface area contributed by atoms with Crippen molar-refractivity contribution in [2.24, 2.45) is 5.73 Å². The van der Waals surface area contributed by atoms with E-state index in [9.17, 15) is 0 Å². The largest absolute Gasteiger partial charge is 0.347 e. The zero-order chi connectivity index (χ0) is 18.8. The van der Waals surface area contributed by atoms with Gasteiger partial charge in [0.15, 0.2) is 6.29 Å². The zero-order valence-electron chi connectivity index (χ0n) is 14.6. The summed E-state index contributed by atoms with van der Waals surface area (Å²) in [5.74, 6) is 0. The van der Waals surface area contributed by atoms with Crippen LogP contribution >= 0.6 is 23.2 Å². The van der Waals surface area contributed by atoms with Gasteiger partial charge in [-0.25, -0.2) is 0 Å². The highest BCUT2D eigenvalue weighted by Gasteiger charge is 2.37. The molecule has 4 nitrogen and oxygen atoms in total. The number of nitrogens with zero attached hydrogens (tertiary/aromatic N) is 1. The van der Waals surface area contributed by atoms with E-state index >= 15 is 0 Å². The lowest BCUT2D eigenvalue weighted by molar-refractivity contribution is -0.399. The van der Waals surface area contributed by atoms with E-state index in [0.717, 1.165) is 35.3 Å². The molecule has 3 aromatic rings. The molecule has 140 valence electrons. The van der Waals surface area contributed by atoms with Gasteiger partial charge in [0.2, 0.25) is 6.29 Å². The molecular formula is C21H20Cl2N2O2. The smallest absolute Gasteiger partial charge is 0.205 e. The minimum absolute atomic E-state index is 0.359. The molecule has 2 heterocycles. The van der Waals surface area contributed by atoms with Crippen LogP contribution in [0.5, 0.6) is 0 Å². The van der Waals surface area contributed by atoms with Crippen molar-refractivity contribution >= 4 is 23.2 Å². The summed E-state index contributed by atoms with van der Waals surface area (Å²) in [5, 5.41) is 1.20. The van der Waals surface area contributed by atoms with Crippen LogP contribution in [0, 0.1) is 0 Å². The van der Waals surface area contributed by atoms with Gasteiger partial charge in [-0.1, -0.05) is 59.6 Å². The van der Waals surface area contributed by atoms with Gasteiger partial charge in [0.1, 0.15) is 0 Å². The van der Waals surface area contributed by atoms with Crippen molar-refractivity contribution in [1.29, 1.82) is 0 Å². The quantitative estimate of drug-likeness (QED) is 0.587. The van der Waals surface area contributed by atoms with Crippen LogP contribution in [0.25, 0.3) is 11.1 Å². The average molecular weight is 403 g/mol. The molecule has 1 aliphatic heterocycles. The van der Waals surface area contributed by atoms with E-state index in [0.29, 0.717) is 16.6 Å². The van der Waals surface area contributed by atoms with Gasteiger partial charge < -0.3 is 19.8 Å². The van der Waals surface area contributed by atoms with Crippen molar-refractivity contribution in [3.05, 3.63) is 82.1 Å². The Morgan fingerprint density at radius 3 is 2.41 bits per heavy atom. The molecule has 0 amide bonds. The summed E-state index contributed by atoms with van der Waals surface area (Å²) in [5.41, 5.74) is 9.52. The van der Waals surface area contributed by atoms with Crippen LogP contribution in [-0.2, 0) is 16.0 Å². The number of nitrogens with two attached hydrogens (primary N) is 1. The summed E-state index contributed by atoms with van der Waals surface area (Å²) >= 11 is 12.5. The molecule has 4 rings (SSSR count). The fourth-order valence-electron chi connectivity index (χ4n) is 3.27. The van der Waals surface area contributed by atoms with Crippen LogP contribution in [0.15, 0.2) is 60.8 Å². The van der Waals surface area contributed by atoms with Crippen molar-refractivity contribution in [3.63, 3.8) is 0 Å². The Hall–Kier alpha value is -1.82. The normalized spacial score (nSPS) is 19.1. The highest BCUT2D eigenvalue weighted by molar-refractivity contribution is 6.36. The van der Waals surface area contributed by atoms with E-state index < -0.39 is 6.29 Å². The van der Waals surface area contributed by atoms with Gasteiger partial charge in [-0.15, -0.1) is 0 Å². The first-order valence-corrected chi connectivity index (χ1v) is 9.63. The molecule has 1 fully saturated rings. The van der Waals surface area contributed by atoms with Crippen LogP contribution in [0.3, 0.4) is 0 Å². The SMILES string of the molecule is NCCCn1ccc(-c2ccc(Cl)cc2Cl)c1C1OC(c2ccccc2)O1. The number of hydrogen-bond donors (Lipinski definition) is 1. The van der Waals surface area contributed by atoms with Gasteiger partial charge in [0.05, 0.1) is 5.69 Å². The predicted molar refractivity (Wildman–Crippen MR) is 108 cm³/mol. The Bertz CT molecular complexity index is 921. The van der Waals surface area contributed by atoms with Crippen molar-refractivity contribution in [1.82, 2.24) is 4.57 Å². The molecule has 27 heavy (non-hydrogen) atoms. The number of hydrogen-bond acceptors (Lipinski definition) is 3. The standard InChI is InChI=1S/C21H20Cl2N2O2/c22-15-7-8-16(18(23)13-15)17-9-12-25(11-4-10-24)19(17)21-26-20(27-21)14-5-2-1-3-6-14/h1-3,5-9,12-13,20-21H,4,10-11,24H2. The van der Waals surface area contributed by atoms with E-state index in [2.05, 4.69) is 4.57 Å². The van der Waals surface area contributed by atoms with E-state index in [-0.39, 0.29) is 6.29 Å². The molecule has 2 N–H and O–H groups in total. The molecule has 1 saturated heterocycles. The second kappa shape index (κ2) is 8.05. The monoisotopic (exact) mass is 402 g/mol. The van der Waals surface area contributed by atoms with Crippen molar-refractivity contribution in [3.8, 4) is 11.1 Å². The van der Waals surface area contributed by atoms with E-state index in [4.69, 9.17) is 38.4 Å². The summed E-state index contributed by atoms with van der Waals surface area (Å²) in [6, 6.07) is 17.4. The Morgan fingerprint density at radius 2 is 1.70 bits per heavy atom. The van der Waals surface area contributed by atoms with Crippen LogP contribution in [0.4, 0.5) is 0 Å². The fraction of sp³-hybridized carbons (Fsp3) is 0.238. The molecule has 1 aliphatic rings. The molecule has 0 unspecified atom stereocenters. The summed E-state index contributed by atoms with van der Waals surface area (Å²) in [6.45, 7) is 1.41. The number of ether oxygens (including phenoxy) is 2. The van der Waals surface area contributed by atoms with Gasteiger partial charge in [0, 0.05) is 39.5 Å². The maximum Gasteiger partial charge on any atom is 0.205 e. The topological polar surface area (TPSA) is 49.4 Å².